The van der Waals surface area contributed by atoms with Crippen molar-refractivity contribution in [1.29, 1.82) is 0 Å². The van der Waals surface area contributed by atoms with Crippen molar-refractivity contribution < 1.29 is 37.1 Å². The molecule has 0 radical (unpaired) electrons. The number of rotatable bonds is 12. The maximum absolute atomic E-state index is 14.6. The van der Waals surface area contributed by atoms with Gasteiger partial charge in [-0.25, -0.2) is 4.39 Å². The van der Waals surface area contributed by atoms with E-state index in [-0.39, 0.29) is 37.3 Å². The predicted octanol–water partition coefficient (Wildman–Crippen LogP) is 5.88. The highest BCUT2D eigenvalue weighted by Gasteiger charge is 2.44. The number of carbonyl (C=O) groups excluding carboxylic acids is 3. The zero-order valence-corrected chi connectivity index (χ0v) is 26.7. The lowest BCUT2D eigenvalue weighted by Crippen LogP contribution is -2.59. The van der Waals surface area contributed by atoms with Crippen LogP contribution in [0.5, 0.6) is 0 Å². The highest BCUT2D eigenvalue weighted by molar-refractivity contribution is 5.94. The summed E-state index contributed by atoms with van der Waals surface area (Å²) in [5.74, 6) is -2.26. The van der Waals surface area contributed by atoms with E-state index in [1.165, 1.54) is 48.2 Å². The minimum Gasteiger partial charge on any atom is -0.389 e. The van der Waals surface area contributed by atoms with Gasteiger partial charge in [-0.05, 0) is 66.8 Å². The van der Waals surface area contributed by atoms with Crippen LogP contribution >= 0.6 is 0 Å². The second kappa shape index (κ2) is 15.6. The third kappa shape index (κ3) is 8.98. The van der Waals surface area contributed by atoms with Gasteiger partial charge in [-0.15, -0.1) is 0 Å². The van der Waals surface area contributed by atoms with Crippen molar-refractivity contribution in [3.63, 3.8) is 0 Å². The van der Waals surface area contributed by atoms with Crippen molar-refractivity contribution in [2.24, 2.45) is 5.92 Å². The first-order valence-corrected chi connectivity index (χ1v) is 15.9. The van der Waals surface area contributed by atoms with E-state index in [1.807, 2.05) is 18.2 Å². The van der Waals surface area contributed by atoms with Gasteiger partial charge in [0.2, 0.25) is 5.91 Å². The average molecular weight is 676 g/mol. The Morgan fingerprint density at radius 2 is 1.51 bits per heavy atom. The fraction of sp³-hybridized carbons (Fsp3) is 0.289. The Balaban J connectivity index is 1.51. The van der Waals surface area contributed by atoms with E-state index < -0.39 is 59.5 Å². The van der Waals surface area contributed by atoms with E-state index in [4.69, 9.17) is 0 Å². The van der Waals surface area contributed by atoms with Crippen molar-refractivity contribution >= 4 is 17.6 Å². The zero-order chi connectivity index (χ0) is 35.1. The summed E-state index contributed by atoms with van der Waals surface area (Å²) in [6, 6.07) is 24.5. The number of hydrogen-bond donors (Lipinski definition) is 3. The monoisotopic (exact) mass is 675 g/mol. The topological polar surface area (TPSA) is 98.7 Å². The Bertz CT molecular complexity index is 1740. The first-order chi connectivity index (χ1) is 23.4. The third-order valence-corrected chi connectivity index (χ3v) is 8.86. The maximum Gasteiger partial charge on any atom is 0.416 e. The molecule has 5 atom stereocenters. The number of nitrogens with one attached hydrogen (secondary N) is 2. The van der Waals surface area contributed by atoms with E-state index in [0.29, 0.717) is 11.1 Å². The quantitative estimate of drug-likeness (QED) is 0.163. The molecule has 0 aliphatic carbocycles. The zero-order valence-electron chi connectivity index (χ0n) is 26.7. The van der Waals surface area contributed by atoms with Crippen LogP contribution in [0.4, 0.5) is 17.6 Å². The molecule has 1 saturated heterocycles. The fourth-order valence-corrected chi connectivity index (χ4v) is 6.19. The van der Waals surface area contributed by atoms with E-state index in [0.717, 1.165) is 17.7 Å². The summed E-state index contributed by atoms with van der Waals surface area (Å²) in [4.78, 5) is 42.0. The van der Waals surface area contributed by atoms with Gasteiger partial charge in [0.05, 0.1) is 23.8 Å². The van der Waals surface area contributed by atoms with Crippen LogP contribution in [0.15, 0.2) is 109 Å². The number of aliphatic hydroxyl groups excluding tert-OH is 1. The normalized spacial score (nSPS) is 18.0. The number of alkyl halides is 3. The van der Waals surface area contributed by atoms with Crippen molar-refractivity contribution in [3.05, 3.63) is 143 Å². The Morgan fingerprint density at radius 1 is 0.878 bits per heavy atom. The maximum atomic E-state index is 14.6. The predicted molar refractivity (Wildman–Crippen MR) is 176 cm³/mol. The first kappa shape index (κ1) is 35.4. The molecule has 11 heteroatoms. The molecular weight excluding hydrogens is 638 g/mol. The molecule has 1 aliphatic heterocycles. The number of halogens is 4. The smallest absolute Gasteiger partial charge is 0.389 e. The van der Waals surface area contributed by atoms with Crippen molar-refractivity contribution in [3.8, 4) is 0 Å². The van der Waals surface area contributed by atoms with Crippen LogP contribution in [-0.2, 0) is 28.7 Å². The van der Waals surface area contributed by atoms with Crippen LogP contribution in [0.1, 0.15) is 52.0 Å². The molecule has 4 aromatic rings. The van der Waals surface area contributed by atoms with Gasteiger partial charge in [0.25, 0.3) is 5.91 Å². The van der Waals surface area contributed by atoms with Crippen molar-refractivity contribution in [1.82, 2.24) is 15.5 Å². The highest BCUT2D eigenvalue weighted by Crippen LogP contribution is 2.37. The van der Waals surface area contributed by atoms with Crippen molar-refractivity contribution in [2.45, 2.75) is 56.7 Å². The molecule has 1 heterocycles. The third-order valence-electron chi connectivity index (χ3n) is 8.86. The number of likely N-dealkylation sites (tertiary alicyclic amines) is 1. The molecule has 0 bridgehead atoms. The molecule has 5 rings (SSSR count). The summed E-state index contributed by atoms with van der Waals surface area (Å²) in [5.41, 5.74) is 1.01. The number of ketones is 1. The number of aliphatic hydroxyl groups is 1. The summed E-state index contributed by atoms with van der Waals surface area (Å²) >= 11 is 0. The molecular formula is C38H37F4N3O4. The first-order valence-electron chi connectivity index (χ1n) is 15.9. The average Bonchev–Trinajstić information content (AvgIpc) is 3.55. The molecule has 4 aromatic carbocycles. The highest BCUT2D eigenvalue weighted by atomic mass is 19.4. The second-order valence-corrected chi connectivity index (χ2v) is 12.3. The fourth-order valence-electron chi connectivity index (χ4n) is 6.19. The Morgan fingerprint density at radius 3 is 2.14 bits per heavy atom. The van der Waals surface area contributed by atoms with E-state index in [9.17, 15) is 37.1 Å². The van der Waals surface area contributed by atoms with Gasteiger partial charge >= 0.3 is 6.18 Å². The molecule has 0 saturated carbocycles. The summed E-state index contributed by atoms with van der Waals surface area (Å²) in [6.45, 7) is 1.21. The van der Waals surface area contributed by atoms with E-state index >= 15 is 0 Å². The summed E-state index contributed by atoms with van der Waals surface area (Å²) in [7, 11) is 0. The van der Waals surface area contributed by atoms with Crippen LogP contribution < -0.4 is 10.6 Å². The van der Waals surface area contributed by atoms with Crippen molar-refractivity contribution in [2.75, 3.05) is 6.54 Å². The summed E-state index contributed by atoms with van der Waals surface area (Å²) in [5, 5.41) is 17.9. The SMILES string of the molecule is CC(=O)C1CC(c2ccc(F)cc2)N(C(=O)C(NCc2cccc(C(F)(F)F)c2)[C@H](O)[C@H](Cc2ccccc2)NC(=O)c2ccccc2)C1. The standard InChI is InChI=1S/C38H37F4N3O4/c1-24(46)29-21-33(27-15-17-31(39)18-16-27)45(23-29)37(49)34(43-22-26-11-8-14-30(19-26)38(40,41)42)35(47)32(20-25-9-4-2-5-10-25)44-36(48)28-12-6-3-7-13-28/h2-19,29,32-35,43,47H,20-23H2,1H3,(H,44,48)/t29?,32-,33?,34?,35+/m0/s1. The van der Waals surface area contributed by atoms with Crippen LogP contribution in [0.3, 0.4) is 0 Å². The molecule has 0 spiro atoms. The molecule has 3 unspecified atom stereocenters. The molecule has 2 amide bonds. The minimum absolute atomic E-state index is 0.0182. The lowest BCUT2D eigenvalue weighted by molar-refractivity contribution is -0.139. The minimum atomic E-state index is -4.59. The van der Waals surface area contributed by atoms with Gasteiger partial charge in [0, 0.05) is 24.6 Å². The number of benzene rings is 4. The van der Waals surface area contributed by atoms with E-state index in [1.54, 1.807) is 42.5 Å². The molecule has 7 nitrogen and oxygen atoms in total. The summed E-state index contributed by atoms with van der Waals surface area (Å²) in [6.07, 6.45) is -5.79. The molecule has 1 aliphatic rings. The lowest BCUT2D eigenvalue weighted by atomic mass is 9.94. The van der Waals surface area contributed by atoms with Gasteiger partial charge in [-0.2, -0.15) is 13.2 Å². The molecule has 3 N–H and O–H groups in total. The number of nitrogens with zero attached hydrogens (tertiary/aromatic N) is 1. The van der Waals surface area contributed by atoms with E-state index in [2.05, 4.69) is 10.6 Å². The van der Waals surface area contributed by atoms with Gasteiger partial charge in [-0.3, -0.25) is 19.7 Å². The molecule has 49 heavy (non-hydrogen) atoms. The molecule has 256 valence electrons. The molecule has 1 fully saturated rings. The number of amides is 2. The number of Topliss-reactive ketones (excluding diaryl/α,β-unsaturated/α-hetero) is 1. The second-order valence-electron chi connectivity index (χ2n) is 12.3. The van der Waals surface area contributed by atoms with Crippen LogP contribution in [0.2, 0.25) is 0 Å². The van der Waals surface area contributed by atoms with Gasteiger partial charge < -0.3 is 15.3 Å². The Hall–Kier alpha value is -4.87. The number of carbonyl (C=O) groups is 3. The van der Waals surface area contributed by atoms with Gasteiger partial charge in [0.15, 0.2) is 0 Å². The Labute approximate surface area is 282 Å². The summed E-state index contributed by atoms with van der Waals surface area (Å²) < 4.78 is 54.4. The number of hydrogen-bond acceptors (Lipinski definition) is 5. The van der Waals surface area contributed by atoms with Crippen LogP contribution in [0, 0.1) is 11.7 Å². The molecule has 0 aromatic heterocycles. The lowest BCUT2D eigenvalue weighted by Gasteiger charge is -2.35. The van der Waals surface area contributed by atoms with Gasteiger partial charge in [0.1, 0.15) is 17.6 Å². The van der Waals surface area contributed by atoms with Gasteiger partial charge in [-0.1, -0.05) is 78.9 Å². The van der Waals surface area contributed by atoms with Crippen LogP contribution in [0.25, 0.3) is 0 Å². The Kier molecular flexibility index (Phi) is 11.3. The van der Waals surface area contributed by atoms with Crippen LogP contribution in [-0.4, -0.2) is 52.3 Å². The largest absolute Gasteiger partial charge is 0.416 e.